The molecule has 178 valence electrons. The van der Waals surface area contributed by atoms with Crippen molar-refractivity contribution in [2.45, 2.75) is 123 Å². The van der Waals surface area contributed by atoms with Crippen LogP contribution in [0.5, 0.6) is 0 Å². The Balaban J connectivity index is 1.90. The predicted octanol–water partition coefficient (Wildman–Crippen LogP) is 6.52. The van der Waals surface area contributed by atoms with Gasteiger partial charge in [-0.05, 0) is 19.4 Å². The van der Waals surface area contributed by atoms with E-state index in [1.165, 1.54) is 107 Å². The molecule has 6 nitrogen and oxygen atoms in total. The Labute approximate surface area is 189 Å². The highest BCUT2D eigenvalue weighted by Gasteiger charge is 2.20. The first-order valence-corrected chi connectivity index (χ1v) is 12.6. The molecule has 0 fully saturated rings. The number of carbonyl (C=O) groups excluding carboxylic acids is 1. The molecule has 1 atom stereocenters. The first-order chi connectivity index (χ1) is 15.1. The fourth-order valence-corrected chi connectivity index (χ4v) is 3.94. The Kier molecular flexibility index (Phi) is 15.6. The summed E-state index contributed by atoms with van der Waals surface area (Å²) in [6.07, 6.45) is 22.6. The van der Waals surface area contributed by atoms with E-state index in [0.717, 1.165) is 12.8 Å². The van der Waals surface area contributed by atoms with E-state index in [0.29, 0.717) is 6.54 Å². The molecule has 0 bridgehead atoms. The van der Waals surface area contributed by atoms with Crippen molar-refractivity contribution in [1.29, 1.82) is 0 Å². The summed E-state index contributed by atoms with van der Waals surface area (Å²) in [4.78, 5) is 23.4. The average Bonchev–Trinajstić information content (AvgIpc) is 3.25. The van der Waals surface area contributed by atoms with Crippen LogP contribution >= 0.6 is 0 Å². The van der Waals surface area contributed by atoms with Gasteiger partial charge in [0.2, 0.25) is 5.91 Å². The van der Waals surface area contributed by atoms with Crippen LogP contribution in [0, 0.1) is 0 Å². The summed E-state index contributed by atoms with van der Waals surface area (Å²) in [7, 11) is 0. The lowest BCUT2D eigenvalue weighted by Gasteiger charge is -2.14. The zero-order chi connectivity index (χ0) is 22.7. The lowest BCUT2D eigenvalue weighted by Crippen LogP contribution is -2.33. The first-order valence-electron chi connectivity index (χ1n) is 12.6. The van der Waals surface area contributed by atoms with Gasteiger partial charge in [-0.15, -0.1) is 0 Å². The highest BCUT2D eigenvalue weighted by Crippen LogP contribution is 2.14. The molecule has 1 aromatic heterocycles. The van der Waals surface area contributed by atoms with Crippen molar-refractivity contribution in [2.24, 2.45) is 0 Å². The van der Waals surface area contributed by atoms with Crippen LogP contribution in [-0.4, -0.2) is 33.3 Å². The Morgan fingerprint density at radius 1 is 0.871 bits per heavy atom. The van der Waals surface area contributed by atoms with Crippen LogP contribution in [0.2, 0.25) is 0 Å². The number of unbranched alkanes of at least 4 members (excludes halogenated alkanes) is 15. The number of carboxylic acids is 1. The fraction of sp³-hybridized carbons (Fsp3) is 0.800. The minimum absolute atomic E-state index is 0.0325. The topological polar surface area (TPSA) is 84.2 Å². The van der Waals surface area contributed by atoms with Gasteiger partial charge in [-0.3, -0.25) is 4.79 Å². The molecule has 0 aliphatic carbocycles. The zero-order valence-electron chi connectivity index (χ0n) is 19.9. The first kappa shape index (κ1) is 27.2. The van der Waals surface area contributed by atoms with Crippen LogP contribution in [0.15, 0.2) is 12.3 Å². The maximum atomic E-state index is 12.2. The van der Waals surface area contributed by atoms with E-state index >= 15 is 0 Å². The van der Waals surface area contributed by atoms with Crippen LogP contribution in [0.25, 0.3) is 0 Å². The monoisotopic (exact) mass is 435 g/mol. The van der Waals surface area contributed by atoms with E-state index in [4.69, 9.17) is 5.11 Å². The maximum absolute atomic E-state index is 12.2. The molecule has 1 unspecified atom stereocenters. The van der Waals surface area contributed by atoms with Gasteiger partial charge in [-0.1, -0.05) is 103 Å². The van der Waals surface area contributed by atoms with Crippen molar-refractivity contribution in [3.63, 3.8) is 0 Å². The molecular weight excluding hydrogens is 390 g/mol. The zero-order valence-corrected chi connectivity index (χ0v) is 19.9. The molecule has 0 saturated carbocycles. The normalized spacial score (nSPS) is 12.1. The smallest absolute Gasteiger partial charge is 0.354 e. The average molecular weight is 436 g/mol. The molecule has 1 heterocycles. The van der Waals surface area contributed by atoms with E-state index < -0.39 is 12.0 Å². The second-order valence-electron chi connectivity index (χ2n) is 8.74. The van der Waals surface area contributed by atoms with Crippen molar-refractivity contribution >= 4 is 11.9 Å². The Morgan fingerprint density at radius 3 is 1.77 bits per heavy atom. The molecule has 1 aromatic rings. The molecule has 31 heavy (non-hydrogen) atoms. The minimum Gasteiger partial charge on any atom is -0.477 e. The highest BCUT2D eigenvalue weighted by molar-refractivity contribution is 5.87. The molecule has 1 amide bonds. The Hall–Kier alpha value is -1.85. The van der Waals surface area contributed by atoms with E-state index in [-0.39, 0.29) is 11.6 Å². The van der Waals surface area contributed by atoms with E-state index in [1.807, 2.05) is 0 Å². The van der Waals surface area contributed by atoms with Crippen molar-refractivity contribution in [3.8, 4) is 0 Å². The summed E-state index contributed by atoms with van der Waals surface area (Å²) in [5, 5.41) is 16.0. The van der Waals surface area contributed by atoms with Crippen LogP contribution in [0.3, 0.4) is 0 Å². The molecule has 0 saturated heterocycles. The van der Waals surface area contributed by atoms with Gasteiger partial charge in [0.1, 0.15) is 11.7 Å². The summed E-state index contributed by atoms with van der Waals surface area (Å²) >= 11 is 0. The van der Waals surface area contributed by atoms with Crippen LogP contribution in [0.4, 0.5) is 0 Å². The third-order valence-corrected chi connectivity index (χ3v) is 5.97. The second-order valence-corrected chi connectivity index (χ2v) is 8.74. The molecular formula is C25H45N3O3. The quantitative estimate of drug-likeness (QED) is 0.228. The summed E-state index contributed by atoms with van der Waals surface area (Å²) in [5.41, 5.74) is 0.0325. The molecule has 1 rings (SSSR count). The number of rotatable bonds is 20. The maximum Gasteiger partial charge on any atom is 0.354 e. The number of nitrogens with zero attached hydrogens (tertiary/aromatic N) is 2. The van der Waals surface area contributed by atoms with Gasteiger partial charge in [0.25, 0.3) is 0 Å². The van der Waals surface area contributed by atoms with Gasteiger partial charge in [-0.2, -0.15) is 5.10 Å². The highest BCUT2D eigenvalue weighted by atomic mass is 16.4. The van der Waals surface area contributed by atoms with Crippen molar-refractivity contribution in [2.75, 3.05) is 6.54 Å². The van der Waals surface area contributed by atoms with Gasteiger partial charge in [-0.25, -0.2) is 9.48 Å². The van der Waals surface area contributed by atoms with Crippen LogP contribution < -0.4 is 5.32 Å². The van der Waals surface area contributed by atoms with Crippen molar-refractivity contribution in [1.82, 2.24) is 15.1 Å². The lowest BCUT2D eigenvalue weighted by atomic mass is 10.0. The Bertz CT molecular complexity index is 601. The van der Waals surface area contributed by atoms with E-state index in [2.05, 4.69) is 17.3 Å². The molecule has 6 heteroatoms. The molecule has 0 spiro atoms. The van der Waals surface area contributed by atoms with Gasteiger partial charge < -0.3 is 10.4 Å². The number of amides is 1. The number of aromatic carboxylic acids is 1. The standard InChI is InChI=1S/C25H45N3O3/c1-3-4-5-6-7-8-9-10-11-12-13-14-15-16-17-18-20-26-24(29)22(2)28-23(25(30)31)19-21-27-28/h19,21-22H,3-18,20H2,1-2H3,(H,26,29)(H,30,31). The van der Waals surface area contributed by atoms with Crippen molar-refractivity contribution < 1.29 is 14.7 Å². The number of hydrogen-bond acceptors (Lipinski definition) is 3. The van der Waals surface area contributed by atoms with E-state index in [1.54, 1.807) is 6.92 Å². The summed E-state index contributed by atoms with van der Waals surface area (Å²) in [5.74, 6) is -1.26. The minimum atomic E-state index is -1.07. The van der Waals surface area contributed by atoms with Crippen LogP contribution in [0.1, 0.15) is 133 Å². The number of carbonyl (C=O) groups is 2. The third-order valence-electron chi connectivity index (χ3n) is 5.97. The number of aromatic nitrogens is 2. The fourth-order valence-electron chi connectivity index (χ4n) is 3.94. The molecule has 0 aliphatic heterocycles. The van der Waals surface area contributed by atoms with Crippen molar-refractivity contribution in [3.05, 3.63) is 18.0 Å². The van der Waals surface area contributed by atoms with E-state index in [9.17, 15) is 9.59 Å². The van der Waals surface area contributed by atoms with Gasteiger partial charge in [0, 0.05) is 12.7 Å². The third kappa shape index (κ3) is 12.6. The van der Waals surface area contributed by atoms with Gasteiger partial charge >= 0.3 is 5.97 Å². The number of nitrogens with one attached hydrogen (secondary N) is 1. The molecule has 0 aromatic carbocycles. The number of carboxylic acid groups (broad SMARTS) is 1. The lowest BCUT2D eigenvalue weighted by molar-refractivity contribution is -0.124. The molecule has 0 radical (unpaired) electrons. The van der Waals surface area contributed by atoms with Gasteiger partial charge in [0.05, 0.1) is 0 Å². The van der Waals surface area contributed by atoms with Gasteiger partial charge in [0.15, 0.2) is 0 Å². The SMILES string of the molecule is CCCCCCCCCCCCCCCCCCNC(=O)C(C)n1nccc1C(=O)O. The van der Waals surface area contributed by atoms with Crippen LogP contribution in [-0.2, 0) is 4.79 Å². The molecule has 2 N–H and O–H groups in total. The Morgan fingerprint density at radius 2 is 1.32 bits per heavy atom. The largest absolute Gasteiger partial charge is 0.477 e. The predicted molar refractivity (Wildman–Crippen MR) is 126 cm³/mol. The summed E-state index contributed by atoms with van der Waals surface area (Å²) < 4.78 is 1.26. The summed E-state index contributed by atoms with van der Waals surface area (Å²) in [6, 6.07) is 0.781. The second kappa shape index (κ2) is 17.8. The summed E-state index contributed by atoms with van der Waals surface area (Å²) in [6.45, 7) is 4.57. The number of hydrogen-bond donors (Lipinski definition) is 2. The molecule has 0 aliphatic rings.